The summed E-state index contributed by atoms with van der Waals surface area (Å²) >= 11 is 0. The van der Waals surface area contributed by atoms with E-state index in [1.54, 1.807) is 6.07 Å². The lowest BCUT2D eigenvalue weighted by molar-refractivity contribution is -0.0173. The molecule has 0 saturated carbocycles. The number of ether oxygens (including phenoxy) is 1. The van der Waals surface area contributed by atoms with E-state index < -0.39 is 19.9 Å². The van der Waals surface area contributed by atoms with Gasteiger partial charge >= 0.3 is 7.60 Å². The van der Waals surface area contributed by atoms with Crippen LogP contribution in [-0.4, -0.2) is 13.0 Å². The van der Waals surface area contributed by atoms with Crippen molar-refractivity contribution in [3.05, 3.63) is 107 Å². The largest absolute Gasteiger partial charge is 0.356 e. The van der Waals surface area contributed by atoms with Gasteiger partial charge in [0.1, 0.15) is 18.6 Å². The Bertz CT molecular complexity index is 1120. The smallest absolute Gasteiger partial charge is 0.353 e. The van der Waals surface area contributed by atoms with E-state index in [0.717, 1.165) is 22.3 Å². The highest BCUT2D eigenvalue weighted by atomic mass is 31.2. The van der Waals surface area contributed by atoms with E-state index in [2.05, 4.69) is 0 Å². The second-order valence-corrected chi connectivity index (χ2v) is 10.3. The lowest BCUT2D eigenvalue weighted by Gasteiger charge is -2.37. The first-order chi connectivity index (χ1) is 16.0. The highest BCUT2D eigenvalue weighted by Gasteiger charge is 2.40. The minimum atomic E-state index is -3.52. The lowest BCUT2D eigenvalue weighted by atomic mass is 9.83. The maximum Gasteiger partial charge on any atom is 0.356 e. The van der Waals surface area contributed by atoms with Crippen molar-refractivity contribution in [3.8, 4) is 0 Å². The Balaban J connectivity index is 1.63. The zero-order valence-corrected chi connectivity index (χ0v) is 20.0. The van der Waals surface area contributed by atoms with Gasteiger partial charge in [-0.05, 0) is 41.7 Å². The molecule has 0 aliphatic carbocycles. The Morgan fingerprint density at radius 2 is 1.79 bits per heavy atom. The number of halogens is 1. The van der Waals surface area contributed by atoms with Crippen LogP contribution >= 0.6 is 7.60 Å². The third-order valence-electron chi connectivity index (χ3n) is 6.12. The summed E-state index contributed by atoms with van der Waals surface area (Å²) in [6.07, 6.45) is 0.686. The zero-order valence-electron chi connectivity index (χ0n) is 19.1. The first-order valence-electron chi connectivity index (χ1n) is 11.3. The Kier molecular flexibility index (Phi) is 7.45. The molecule has 6 heteroatoms. The van der Waals surface area contributed by atoms with Crippen molar-refractivity contribution >= 4 is 7.60 Å². The molecule has 3 unspecified atom stereocenters. The van der Waals surface area contributed by atoms with Crippen molar-refractivity contribution in [2.45, 2.75) is 45.1 Å². The van der Waals surface area contributed by atoms with Crippen LogP contribution in [-0.2, 0) is 30.6 Å². The first kappa shape index (κ1) is 23.8. The van der Waals surface area contributed by atoms with Gasteiger partial charge in [0.2, 0.25) is 0 Å². The van der Waals surface area contributed by atoms with E-state index in [-0.39, 0.29) is 12.5 Å². The van der Waals surface area contributed by atoms with Crippen LogP contribution in [0.2, 0.25) is 0 Å². The van der Waals surface area contributed by atoms with Gasteiger partial charge in [0, 0.05) is 6.42 Å². The maximum atomic E-state index is 13.6. The molecule has 1 saturated heterocycles. The van der Waals surface area contributed by atoms with Crippen molar-refractivity contribution in [1.29, 1.82) is 0 Å². The molecule has 1 heterocycles. The van der Waals surface area contributed by atoms with Gasteiger partial charge in [0.05, 0.1) is 12.7 Å². The van der Waals surface area contributed by atoms with Crippen LogP contribution in [0.1, 0.15) is 53.7 Å². The van der Waals surface area contributed by atoms with E-state index in [4.69, 9.17) is 13.8 Å². The SMILES string of the molecule is CCC(OCP1(=O)OCCC(c2cccc(C)c2)O1)(c1ccccc1)c1cccc(CF)c1. The summed E-state index contributed by atoms with van der Waals surface area (Å²) < 4.78 is 45.2. The fraction of sp³-hybridized carbons (Fsp3) is 0.333. The Labute approximate surface area is 195 Å². The van der Waals surface area contributed by atoms with Crippen molar-refractivity contribution < 1.29 is 22.7 Å². The molecule has 1 aliphatic heterocycles. The predicted octanol–water partition coefficient (Wildman–Crippen LogP) is 7.46. The van der Waals surface area contributed by atoms with Crippen molar-refractivity contribution in [2.24, 2.45) is 0 Å². The number of rotatable bonds is 8. The maximum absolute atomic E-state index is 13.6. The number of hydrogen-bond acceptors (Lipinski definition) is 4. The molecule has 174 valence electrons. The molecule has 1 aliphatic rings. The number of hydrogen-bond donors (Lipinski definition) is 0. The minimum Gasteiger partial charge on any atom is -0.353 e. The monoisotopic (exact) mass is 468 g/mol. The summed E-state index contributed by atoms with van der Waals surface area (Å²) in [6.45, 7) is 3.79. The fourth-order valence-electron chi connectivity index (χ4n) is 4.39. The molecule has 0 amide bonds. The average molecular weight is 469 g/mol. The molecule has 3 atom stereocenters. The van der Waals surface area contributed by atoms with Crippen LogP contribution in [0.3, 0.4) is 0 Å². The first-order valence-corrected chi connectivity index (χ1v) is 13.0. The van der Waals surface area contributed by atoms with Crippen molar-refractivity contribution in [3.63, 3.8) is 0 Å². The van der Waals surface area contributed by atoms with Crippen LogP contribution in [0.4, 0.5) is 4.39 Å². The van der Waals surface area contributed by atoms with Gasteiger partial charge in [-0.15, -0.1) is 0 Å². The summed E-state index contributed by atoms with van der Waals surface area (Å²) in [5, 5.41) is 0. The molecule has 4 nitrogen and oxygen atoms in total. The molecule has 0 spiro atoms. The molecule has 0 N–H and O–H groups in total. The highest BCUT2D eigenvalue weighted by Crippen LogP contribution is 2.57. The van der Waals surface area contributed by atoms with Gasteiger partial charge in [-0.25, -0.2) is 4.39 Å². The van der Waals surface area contributed by atoms with Gasteiger partial charge in [0.15, 0.2) is 0 Å². The summed E-state index contributed by atoms with van der Waals surface area (Å²) in [4.78, 5) is 0. The Morgan fingerprint density at radius 3 is 2.52 bits per heavy atom. The third kappa shape index (κ3) is 5.28. The van der Waals surface area contributed by atoms with Crippen LogP contribution in [0.15, 0.2) is 78.9 Å². The molecule has 0 aromatic heterocycles. The van der Waals surface area contributed by atoms with Gasteiger partial charge in [0.25, 0.3) is 0 Å². The molecule has 3 aromatic carbocycles. The molecule has 0 bridgehead atoms. The fourth-order valence-corrected chi connectivity index (χ4v) is 5.96. The van der Waals surface area contributed by atoms with Gasteiger partial charge in [-0.3, -0.25) is 9.09 Å². The number of benzene rings is 3. The van der Waals surface area contributed by atoms with Crippen LogP contribution in [0, 0.1) is 6.92 Å². The minimum absolute atomic E-state index is 0.197. The molecular formula is C27H30FO4P. The predicted molar refractivity (Wildman–Crippen MR) is 128 cm³/mol. The van der Waals surface area contributed by atoms with E-state index in [0.29, 0.717) is 25.0 Å². The Morgan fingerprint density at radius 1 is 1.03 bits per heavy atom. The summed E-state index contributed by atoms with van der Waals surface area (Å²) in [5.41, 5.74) is 3.48. The molecule has 4 rings (SSSR count). The number of aryl methyl sites for hydroxylation is 1. The quantitative estimate of drug-likeness (QED) is 0.322. The van der Waals surface area contributed by atoms with Crippen LogP contribution in [0.5, 0.6) is 0 Å². The molecule has 1 fully saturated rings. The zero-order chi connectivity index (χ0) is 23.3. The van der Waals surface area contributed by atoms with Crippen LogP contribution in [0.25, 0.3) is 0 Å². The molecule has 0 radical (unpaired) electrons. The van der Waals surface area contributed by atoms with Gasteiger partial charge in [-0.1, -0.05) is 85.3 Å². The van der Waals surface area contributed by atoms with E-state index in [9.17, 15) is 8.96 Å². The van der Waals surface area contributed by atoms with E-state index in [1.165, 1.54) is 0 Å². The standard InChI is InChI=1S/C27H30FO4P/c1-3-27(24-12-5-4-6-13-24,25-14-8-10-22(18-25)19-28)30-20-33(29)31-16-15-26(32-33)23-11-7-9-21(2)17-23/h4-14,17-18,26H,3,15-16,19-20H2,1-2H3. The van der Waals surface area contributed by atoms with E-state index in [1.807, 2.05) is 86.6 Å². The van der Waals surface area contributed by atoms with Crippen molar-refractivity contribution in [2.75, 3.05) is 13.0 Å². The summed E-state index contributed by atoms with van der Waals surface area (Å²) in [6, 6.07) is 25.1. The lowest BCUT2D eigenvalue weighted by Crippen LogP contribution is -2.32. The van der Waals surface area contributed by atoms with Gasteiger partial charge < -0.3 is 9.26 Å². The van der Waals surface area contributed by atoms with Crippen LogP contribution < -0.4 is 0 Å². The molecular weight excluding hydrogens is 438 g/mol. The topological polar surface area (TPSA) is 44.8 Å². The molecule has 3 aromatic rings. The second-order valence-electron chi connectivity index (χ2n) is 8.40. The van der Waals surface area contributed by atoms with Crippen molar-refractivity contribution in [1.82, 2.24) is 0 Å². The highest BCUT2D eigenvalue weighted by molar-refractivity contribution is 7.53. The van der Waals surface area contributed by atoms with E-state index >= 15 is 0 Å². The summed E-state index contributed by atoms with van der Waals surface area (Å²) in [5.74, 6) is 0. The normalized spacial score (nSPS) is 22.6. The van der Waals surface area contributed by atoms with Gasteiger partial charge in [-0.2, -0.15) is 0 Å². The average Bonchev–Trinajstić information content (AvgIpc) is 2.85. The third-order valence-corrected chi connectivity index (χ3v) is 7.72. The number of alkyl halides is 1. The Hall–Kier alpha value is -2.30. The second kappa shape index (κ2) is 10.3. The summed E-state index contributed by atoms with van der Waals surface area (Å²) in [7, 11) is -3.52. The molecule has 33 heavy (non-hydrogen) atoms.